The third kappa shape index (κ3) is 5.93. The van der Waals surface area contributed by atoms with Gasteiger partial charge in [-0.25, -0.2) is 4.68 Å². The molecule has 9 heteroatoms. The van der Waals surface area contributed by atoms with Gasteiger partial charge in [-0.1, -0.05) is 40.2 Å². The maximum atomic E-state index is 5.71. The number of nitrogens with zero attached hydrogens (tertiary/aromatic N) is 4. The fourth-order valence-electron chi connectivity index (χ4n) is 2.94. The summed E-state index contributed by atoms with van der Waals surface area (Å²) in [5.41, 5.74) is 4.06. The molecule has 2 N–H and O–H groups in total. The van der Waals surface area contributed by atoms with Gasteiger partial charge in [-0.05, 0) is 54.5 Å². The number of rotatable bonds is 7. The SMILES string of the molecule is Cc1ccccc1Cn1cc(NC(=S)Nc2cnn(COc3ccc(Br)cc3)c2)cn1. The number of aromatic nitrogens is 4. The monoisotopic (exact) mass is 496 g/mol. The van der Waals surface area contributed by atoms with Crippen LogP contribution in [0.5, 0.6) is 5.75 Å². The Balaban J connectivity index is 1.28. The lowest BCUT2D eigenvalue weighted by molar-refractivity contribution is 0.221. The first kappa shape index (κ1) is 21.1. The van der Waals surface area contributed by atoms with Crippen LogP contribution in [-0.2, 0) is 13.3 Å². The zero-order valence-corrected chi connectivity index (χ0v) is 19.2. The van der Waals surface area contributed by atoms with Crippen LogP contribution in [0.2, 0.25) is 0 Å². The van der Waals surface area contributed by atoms with Crippen molar-refractivity contribution in [2.24, 2.45) is 0 Å². The Bertz CT molecular complexity index is 1170. The Morgan fingerprint density at radius 1 is 0.968 bits per heavy atom. The van der Waals surface area contributed by atoms with Gasteiger partial charge in [-0.2, -0.15) is 10.2 Å². The van der Waals surface area contributed by atoms with Gasteiger partial charge in [-0.3, -0.25) is 4.68 Å². The number of benzene rings is 2. The van der Waals surface area contributed by atoms with Crippen molar-refractivity contribution in [2.75, 3.05) is 10.6 Å². The van der Waals surface area contributed by atoms with E-state index >= 15 is 0 Å². The predicted molar refractivity (Wildman–Crippen MR) is 129 cm³/mol. The van der Waals surface area contributed by atoms with Crippen LogP contribution in [0.4, 0.5) is 11.4 Å². The van der Waals surface area contributed by atoms with E-state index in [0.29, 0.717) is 18.4 Å². The third-order valence-corrected chi connectivity index (χ3v) is 5.29. The lowest BCUT2D eigenvalue weighted by atomic mass is 10.1. The summed E-state index contributed by atoms with van der Waals surface area (Å²) in [6, 6.07) is 15.9. The van der Waals surface area contributed by atoms with Crippen molar-refractivity contribution < 1.29 is 4.74 Å². The van der Waals surface area contributed by atoms with E-state index in [-0.39, 0.29) is 0 Å². The molecule has 0 atom stereocenters. The Labute approximate surface area is 194 Å². The number of hydrogen-bond acceptors (Lipinski definition) is 4. The molecule has 158 valence electrons. The normalized spacial score (nSPS) is 10.6. The van der Waals surface area contributed by atoms with E-state index in [1.54, 1.807) is 17.1 Å². The van der Waals surface area contributed by atoms with Crippen molar-refractivity contribution in [3.8, 4) is 5.75 Å². The average Bonchev–Trinajstić information content (AvgIpc) is 3.38. The smallest absolute Gasteiger partial charge is 0.180 e. The van der Waals surface area contributed by atoms with Crippen molar-refractivity contribution in [1.29, 1.82) is 0 Å². The first-order chi connectivity index (χ1) is 15.0. The minimum absolute atomic E-state index is 0.301. The highest BCUT2D eigenvalue weighted by atomic mass is 79.9. The molecule has 0 saturated heterocycles. The van der Waals surface area contributed by atoms with Gasteiger partial charge in [0, 0.05) is 10.7 Å². The molecule has 0 bridgehead atoms. The lowest BCUT2D eigenvalue weighted by Gasteiger charge is -2.07. The van der Waals surface area contributed by atoms with Crippen LogP contribution in [0, 0.1) is 6.92 Å². The first-order valence-electron chi connectivity index (χ1n) is 9.61. The average molecular weight is 497 g/mol. The van der Waals surface area contributed by atoms with Gasteiger partial charge in [0.1, 0.15) is 5.75 Å². The topological polar surface area (TPSA) is 68.9 Å². The van der Waals surface area contributed by atoms with Crippen LogP contribution >= 0.6 is 28.1 Å². The maximum Gasteiger partial charge on any atom is 0.180 e. The summed E-state index contributed by atoms with van der Waals surface area (Å²) in [7, 11) is 0. The summed E-state index contributed by atoms with van der Waals surface area (Å²) < 4.78 is 10.3. The maximum absolute atomic E-state index is 5.71. The van der Waals surface area contributed by atoms with Gasteiger partial charge in [0.05, 0.1) is 36.5 Å². The van der Waals surface area contributed by atoms with Crippen molar-refractivity contribution in [1.82, 2.24) is 19.6 Å². The van der Waals surface area contributed by atoms with Crippen LogP contribution in [0.1, 0.15) is 11.1 Å². The van der Waals surface area contributed by atoms with E-state index in [1.165, 1.54) is 11.1 Å². The van der Waals surface area contributed by atoms with Crippen molar-refractivity contribution in [2.45, 2.75) is 20.2 Å². The molecular weight excluding hydrogens is 476 g/mol. The van der Waals surface area contributed by atoms with Crippen LogP contribution in [0.3, 0.4) is 0 Å². The van der Waals surface area contributed by atoms with Gasteiger partial charge in [0.15, 0.2) is 11.8 Å². The van der Waals surface area contributed by atoms with Gasteiger partial charge >= 0.3 is 0 Å². The summed E-state index contributed by atoms with van der Waals surface area (Å²) in [6.45, 7) is 3.11. The number of thiocarbonyl (C=S) groups is 1. The molecule has 0 aliphatic rings. The minimum atomic E-state index is 0.301. The van der Waals surface area contributed by atoms with E-state index in [1.807, 2.05) is 53.5 Å². The molecule has 0 aliphatic heterocycles. The minimum Gasteiger partial charge on any atom is -0.471 e. The van der Waals surface area contributed by atoms with E-state index in [2.05, 4.69) is 55.8 Å². The Morgan fingerprint density at radius 3 is 2.32 bits per heavy atom. The molecule has 2 heterocycles. The summed E-state index contributed by atoms with van der Waals surface area (Å²) in [5.74, 6) is 0.771. The fourth-order valence-corrected chi connectivity index (χ4v) is 3.44. The Kier molecular flexibility index (Phi) is 6.63. The van der Waals surface area contributed by atoms with Gasteiger partial charge in [0.2, 0.25) is 0 Å². The highest BCUT2D eigenvalue weighted by molar-refractivity contribution is 9.10. The van der Waals surface area contributed by atoms with Gasteiger partial charge in [0.25, 0.3) is 0 Å². The Hall–Kier alpha value is -3.17. The largest absolute Gasteiger partial charge is 0.471 e. The molecule has 0 aliphatic carbocycles. The molecule has 4 aromatic rings. The second-order valence-electron chi connectivity index (χ2n) is 6.93. The molecule has 31 heavy (non-hydrogen) atoms. The molecule has 2 aromatic carbocycles. The molecule has 0 radical (unpaired) electrons. The molecule has 4 rings (SSSR count). The van der Waals surface area contributed by atoms with E-state index < -0.39 is 0 Å². The van der Waals surface area contributed by atoms with Crippen molar-refractivity contribution in [3.63, 3.8) is 0 Å². The quantitative estimate of drug-likeness (QED) is 0.349. The van der Waals surface area contributed by atoms with Crippen LogP contribution in [0.25, 0.3) is 0 Å². The second kappa shape index (κ2) is 9.76. The van der Waals surface area contributed by atoms with E-state index in [0.717, 1.165) is 21.6 Å². The molecule has 0 amide bonds. The van der Waals surface area contributed by atoms with Crippen molar-refractivity contribution in [3.05, 3.63) is 88.9 Å². The molecule has 0 unspecified atom stereocenters. The van der Waals surface area contributed by atoms with Crippen molar-refractivity contribution >= 4 is 44.6 Å². The Morgan fingerprint density at radius 2 is 1.61 bits per heavy atom. The van der Waals surface area contributed by atoms with Gasteiger partial charge in [-0.15, -0.1) is 0 Å². The number of halogens is 1. The zero-order chi connectivity index (χ0) is 21.6. The highest BCUT2D eigenvalue weighted by Gasteiger charge is 2.06. The lowest BCUT2D eigenvalue weighted by Crippen LogP contribution is -2.18. The molecule has 0 spiro atoms. The molecular formula is C22H21BrN6OS. The summed E-state index contributed by atoms with van der Waals surface area (Å²) in [5, 5.41) is 15.4. The fraction of sp³-hybridized carbons (Fsp3) is 0.136. The molecule has 7 nitrogen and oxygen atoms in total. The molecule has 0 fully saturated rings. The van der Waals surface area contributed by atoms with E-state index in [4.69, 9.17) is 17.0 Å². The summed E-state index contributed by atoms with van der Waals surface area (Å²) in [4.78, 5) is 0. The van der Waals surface area contributed by atoms with Crippen LogP contribution in [0.15, 0.2) is 77.8 Å². The number of hydrogen-bond donors (Lipinski definition) is 2. The van der Waals surface area contributed by atoms with E-state index in [9.17, 15) is 0 Å². The zero-order valence-electron chi connectivity index (χ0n) is 16.8. The summed E-state index contributed by atoms with van der Waals surface area (Å²) in [6.07, 6.45) is 7.20. The number of aryl methyl sites for hydroxylation is 1. The number of ether oxygens (including phenoxy) is 1. The first-order valence-corrected chi connectivity index (χ1v) is 10.8. The van der Waals surface area contributed by atoms with Crippen LogP contribution < -0.4 is 15.4 Å². The standard InChI is InChI=1S/C22H21BrN6OS/c1-16-4-2-3-5-17(16)12-28-13-19(10-24-28)26-22(31)27-20-11-25-29(14-20)15-30-21-8-6-18(23)7-9-21/h2-11,13-14H,12,15H2,1H3,(H2,26,27,31). The van der Waals surface area contributed by atoms with Crippen LogP contribution in [-0.4, -0.2) is 24.7 Å². The van der Waals surface area contributed by atoms with Gasteiger partial charge < -0.3 is 15.4 Å². The summed E-state index contributed by atoms with van der Waals surface area (Å²) >= 11 is 8.81. The molecule has 0 saturated carbocycles. The molecule has 2 aromatic heterocycles. The second-order valence-corrected chi connectivity index (χ2v) is 8.25. The highest BCUT2D eigenvalue weighted by Crippen LogP contribution is 2.17. The number of nitrogens with one attached hydrogen (secondary N) is 2. The number of anilines is 2. The third-order valence-electron chi connectivity index (χ3n) is 4.55. The predicted octanol–water partition coefficient (Wildman–Crippen LogP) is 5.04.